The molecule has 20 heavy (non-hydrogen) atoms. The first-order chi connectivity index (χ1) is 9.75. The summed E-state index contributed by atoms with van der Waals surface area (Å²) < 4.78 is 12.7. The van der Waals surface area contributed by atoms with E-state index in [1.54, 1.807) is 12.1 Å². The van der Waals surface area contributed by atoms with Gasteiger partial charge in [0.25, 0.3) is 5.91 Å². The van der Waals surface area contributed by atoms with Crippen molar-refractivity contribution in [3.8, 4) is 0 Å². The predicted octanol–water partition coefficient (Wildman–Crippen LogP) is 2.58. The van der Waals surface area contributed by atoms with Crippen molar-refractivity contribution >= 4 is 12.1 Å². The SMILES string of the molecule is O=C(CO/N=C/c1ccc(F)cc1)N1CCCCCC1. The summed E-state index contributed by atoms with van der Waals surface area (Å²) in [6.45, 7) is 1.57. The predicted molar refractivity (Wildman–Crippen MR) is 75.0 cm³/mol. The van der Waals surface area contributed by atoms with Crippen molar-refractivity contribution in [2.75, 3.05) is 19.7 Å². The lowest BCUT2D eigenvalue weighted by Crippen LogP contribution is -2.34. The molecular weight excluding hydrogens is 259 g/mol. The van der Waals surface area contributed by atoms with Crippen LogP contribution in [-0.4, -0.2) is 36.7 Å². The minimum Gasteiger partial charge on any atom is -0.386 e. The van der Waals surface area contributed by atoms with Gasteiger partial charge in [-0.25, -0.2) is 4.39 Å². The molecule has 1 aromatic rings. The summed E-state index contributed by atoms with van der Waals surface area (Å²) >= 11 is 0. The van der Waals surface area contributed by atoms with Gasteiger partial charge in [-0.15, -0.1) is 0 Å². The Kier molecular flexibility index (Phi) is 5.53. The minimum atomic E-state index is -0.292. The van der Waals surface area contributed by atoms with Crippen molar-refractivity contribution in [2.24, 2.45) is 5.16 Å². The lowest BCUT2D eigenvalue weighted by molar-refractivity contribution is -0.136. The van der Waals surface area contributed by atoms with Gasteiger partial charge in [-0.2, -0.15) is 0 Å². The van der Waals surface area contributed by atoms with E-state index in [0.717, 1.165) is 31.5 Å². The quantitative estimate of drug-likeness (QED) is 0.627. The summed E-state index contributed by atoms with van der Waals surface area (Å²) in [5.41, 5.74) is 0.730. The Morgan fingerprint density at radius 1 is 1.20 bits per heavy atom. The van der Waals surface area contributed by atoms with Gasteiger partial charge in [0, 0.05) is 13.1 Å². The Bertz CT molecular complexity index is 451. The Morgan fingerprint density at radius 3 is 2.50 bits per heavy atom. The normalized spacial score (nSPS) is 16.1. The topological polar surface area (TPSA) is 41.9 Å². The average Bonchev–Trinajstić information content (AvgIpc) is 2.74. The molecule has 1 aliphatic heterocycles. The van der Waals surface area contributed by atoms with Gasteiger partial charge in [-0.05, 0) is 30.5 Å². The molecule has 0 unspecified atom stereocenters. The molecule has 0 radical (unpaired) electrons. The van der Waals surface area contributed by atoms with E-state index in [2.05, 4.69) is 5.16 Å². The largest absolute Gasteiger partial charge is 0.386 e. The van der Waals surface area contributed by atoms with Crippen LogP contribution < -0.4 is 0 Å². The third-order valence-corrected chi connectivity index (χ3v) is 3.29. The highest BCUT2D eigenvalue weighted by Gasteiger charge is 2.15. The second-order valence-electron chi connectivity index (χ2n) is 4.85. The van der Waals surface area contributed by atoms with Gasteiger partial charge in [0.2, 0.25) is 0 Å². The molecule has 1 aliphatic rings. The fraction of sp³-hybridized carbons (Fsp3) is 0.467. The molecule has 108 valence electrons. The number of oxime groups is 1. The zero-order valence-electron chi connectivity index (χ0n) is 11.4. The van der Waals surface area contributed by atoms with Gasteiger partial charge in [0.15, 0.2) is 6.61 Å². The summed E-state index contributed by atoms with van der Waals surface area (Å²) in [6.07, 6.45) is 5.96. The van der Waals surface area contributed by atoms with Gasteiger partial charge in [-0.1, -0.05) is 30.1 Å². The van der Waals surface area contributed by atoms with E-state index in [-0.39, 0.29) is 18.3 Å². The van der Waals surface area contributed by atoms with Crippen molar-refractivity contribution in [3.63, 3.8) is 0 Å². The number of benzene rings is 1. The molecular formula is C15H19FN2O2. The Hall–Kier alpha value is -1.91. The van der Waals surface area contributed by atoms with Crippen LogP contribution in [0.15, 0.2) is 29.4 Å². The maximum Gasteiger partial charge on any atom is 0.263 e. The molecule has 0 aliphatic carbocycles. The first-order valence-corrected chi connectivity index (χ1v) is 6.94. The number of hydrogen-bond donors (Lipinski definition) is 0. The van der Waals surface area contributed by atoms with E-state index in [4.69, 9.17) is 4.84 Å². The highest BCUT2D eigenvalue weighted by Crippen LogP contribution is 2.09. The summed E-state index contributed by atoms with van der Waals surface area (Å²) in [7, 11) is 0. The zero-order valence-corrected chi connectivity index (χ0v) is 11.4. The molecule has 4 nitrogen and oxygen atoms in total. The Labute approximate surface area is 118 Å². The number of amides is 1. The Balaban J connectivity index is 1.74. The number of likely N-dealkylation sites (tertiary alicyclic amines) is 1. The monoisotopic (exact) mass is 278 g/mol. The summed E-state index contributed by atoms with van der Waals surface area (Å²) in [4.78, 5) is 18.7. The highest BCUT2D eigenvalue weighted by atomic mass is 19.1. The van der Waals surface area contributed by atoms with Gasteiger partial charge in [-0.3, -0.25) is 4.79 Å². The van der Waals surface area contributed by atoms with Crippen LogP contribution in [0.4, 0.5) is 4.39 Å². The maximum atomic E-state index is 12.7. The van der Waals surface area contributed by atoms with E-state index in [9.17, 15) is 9.18 Å². The molecule has 2 rings (SSSR count). The smallest absolute Gasteiger partial charge is 0.263 e. The second kappa shape index (κ2) is 7.62. The van der Waals surface area contributed by atoms with Crippen LogP contribution in [0.25, 0.3) is 0 Å². The van der Waals surface area contributed by atoms with Crippen LogP contribution >= 0.6 is 0 Å². The van der Waals surface area contributed by atoms with Crippen molar-refractivity contribution in [2.45, 2.75) is 25.7 Å². The summed E-state index contributed by atoms with van der Waals surface area (Å²) in [5.74, 6) is -0.317. The summed E-state index contributed by atoms with van der Waals surface area (Å²) in [5, 5.41) is 3.73. The molecule has 1 amide bonds. The fourth-order valence-corrected chi connectivity index (χ4v) is 2.15. The Morgan fingerprint density at radius 2 is 1.85 bits per heavy atom. The fourth-order valence-electron chi connectivity index (χ4n) is 2.15. The number of rotatable bonds is 4. The molecule has 0 spiro atoms. The standard InChI is InChI=1S/C15H19FN2O2/c16-14-7-5-13(6-8-14)11-17-20-12-15(19)18-9-3-1-2-4-10-18/h5-8,11H,1-4,9-10,12H2/b17-11+. The van der Waals surface area contributed by atoms with Crippen LogP contribution in [0.3, 0.4) is 0 Å². The van der Waals surface area contributed by atoms with Crippen molar-refractivity contribution in [1.29, 1.82) is 0 Å². The molecule has 0 bridgehead atoms. The molecule has 0 saturated carbocycles. The van der Waals surface area contributed by atoms with Crippen LogP contribution in [0.1, 0.15) is 31.2 Å². The van der Waals surface area contributed by atoms with Crippen LogP contribution in [-0.2, 0) is 9.63 Å². The number of carbonyl (C=O) groups is 1. The molecule has 0 aromatic heterocycles. The van der Waals surface area contributed by atoms with Gasteiger partial charge in [0.05, 0.1) is 6.21 Å². The molecule has 5 heteroatoms. The molecule has 1 aromatic carbocycles. The van der Waals surface area contributed by atoms with Gasteiger partial charge >= 0.3 is 0 Å². The average molecular weight is 278 g/mol. The van der Waals surface area contributed by atoms with Crippen molar-refractivity contribution in [3.05, 3.63) is 35.6 Å². The molecule has 1 heterocycles. The molecule has 1 fully saturated rings. The first-order valence-electron chi connectivity index (χ1n) is 6.94. The number of carbonyl (C=O) groups excluding carboxylic acids is 1. The van der Waals surface area contributed by atoms with Gasteiger partial charge < -0.3 is 9.74 Å². The van der Waals surface area contributed by atoms with E-state index in [1.807, 2.05) is 4.90 Å². The van der Waals surface area contributed by atoms with E-state index >= 15 is 0 Å². The molecule has 1 saturated heterocycles. The lowest BCUT2D eigenvalue weighted by atomic mass is 10.2. The maximum absolute atomic E-state index is 12.7. The van der Waals surface area contributed by atoms with E-state index < -0.39 is 0 Å². The summed E-state index contributed by atoms with van der Waals surface area (Å²) in [6, 6.07) is 5.89. The minimum absolute atomic E-state index is 0.0249. The highest BCUT2D eigenvalue weighted by molar-refractivity contribution is 5.79. The third kappa shape index (κ3) is 4.64. The van der Waals surface area contributed by atoms with Gasteiger partial charge in [0.1, 0.15) is 5.82 Å². The number of halogens is 1. The van der Waals surface area contributed by atoms with Crippen LogP contribution in [0.2, 0.25) is 0 Å². The molecule has 0 atom stereocenters. The second-order valence-corrected chi connectivity index (χ2v) is 4.85. The number of nitrogens with zero attached hydrogens (tertiary/aromatic N) is 2. The molecule has 0 N–H and O–H groups in total. The van der Waals surface area contributed by atoms with Crippen molar-refractivity contribution < 1.29 is 14.0 Å². The number of hydrogen-bond acceptors (Lipinski definition) is 3. The lowest BCUT2D eigenvalue weighted by Gasteiger charge is -2.19. The van der Waals surface area contributed by atoms with E-state index in [1.165, 1.54) is 31.2 Å². The third-order valence-electron chi connectivity index (χ3n) is 3.29. The zero-order chi connectivity index (χ0) is 14.2. The first kappa shape index (κ1) is 14.5. The van der Waals surface area contributed by atoms with Crippen LogP contribution in [0, 0.1) is 5.82 Å². The van der Waals surface area contributed by atoms with Crippen LogP contribution in [0.5, 0.6) is 0 Å². The van der Waals surface area contributed by atoms with E-state index in [0.29, 0.717) is 0 Å². The van der Waals surface area contributed by atoms with Crippen molar-refractivity contribution in [1.82, 2.24) is 4.90 Å².